The fraction of sp³-hybridized carbons (Fsp3) is 0.360. The van der Waals surface area contributed by atoms with Gasteiger partial charge in [0.05, 0.1) is 12.5 Å². The lowest BCUT2D eigenvalue weighted by Crippen LogP contribution is -2.31. The van der Waals surface area contributed by atoms with Crippen LogP contribution in [0.15, 0.2) is 54.7 Å². The summed E-state index contributed by atoms with van der Waals surface area (Å²) in [5, 5.41) is 3.22. The van der Waals surface area contributed by atoms with Crippen LogP contribution in [0.25, 0.3) is 0 Å². The number of anilines is 1. The van der Waals surface area contributed by atoms with E-state index in [1.165, 1.54) is 0 Å². The molecule has 0 radical (unpaired) electrons. The molecule has 0 unspecified atom stereocenters. The van der Waals surface area contributed by atoms with Crippen molar-refractivity contribution in [2.75, 3.05) is 19.0 Å². The number of hydrogen-bond donors (Lipinski definition) is 1. The Balaban J connectivity index is 1.59. The number of nitrogens with one attached hydrogen (secondary N) is 1. The zero-order valence-corrected chi connectivity index (χ0v) is 18.4. The van der Waals surface area contributed by atoms with Crippen LogP contribution in [0, 0.1) is 6.92 Å². The third-order valence-corrected chi connectivity index (χ3v) is 5.44. The van der Waals surface area contributed by atoms with Gasteiger partial charge in [-0.05, 0) is 37.5 Å². The van der Waals surface area contributed by atoms with Crippen molar-refractivity contribution in [2.45, 2.75) is 44.6 Å². The second kappa shape index (κ2) is 9.25. The lowest BCUT2D eigenvalue weighted by molar-refractivity contribution is -0.121. The molecule has 160 valence electrons. The summed E-state index contributed by atoms with van der Waals surface area (Å²) in [5.74, 6) is 2.25. The lowest BCUT2D eigenvalue weighted by Gasteiger charge is -2.21. The molecular weight excluding hydrogens is 386 g/mol. The fourth-order valence-corrected chi connectivity index (χ4v) is 3.62. The zero-order chi connectivity index (χ0) is 21.8. The average molecular weight is 416 g/mol. The molecule has 3 aromatic rings. The van der Waals surface area contributed by atoms with E-state index < -0.39 is 0 Å². The molecule has 31 heavy (non-hydrogen) atoms. The summed E-state index contributed by atoms with van der Waals surface area (Å²) >= 11 is 0. The summed E-state index contributed by atoms with van der Waals surface area (Å²) in [6.07, 6.45) is 4.88. The minimum absolute atomic E-state index is 0.0467. The van der Waals surface area contributed by atoms with Gasteiger partial charge in [-0.15, -0.1) is 0 Å². The van der Waals surface area contributed by atoms with Crippen LogP contribution in [0.3, 0.4) is 0 Å². The molecule has 1 aromatic carbocycles. The Hall–Kier alpha value is -3.28. The molecule has 1 atom stereocenters. The van der Waals surface area contributed by atoms with E-state index in [1.807, 2.05) is 49.3 Å². The van der Waals surface area contributed by atoms with Gasteiger partial charge in [0, 0.05) is 50.1 Å². The Morgan fingerprint density at radius 2 is 1.94 bits per heavy atom. The standard InChI is InChI=1S/C25H29N5O/c1-17-7-6-8-19(13-17)22(28-24(31)16-20-9-4-5-12-26-20)14-21-15-23(30(2)3)29-25(27-21)18-10-11-18/h4-9,12-13,15,18,22H,10-11,14,16H2,1-3H3,(H,28,31)/t22-/m1/s1. The molecule has 1 saturated carbocycles. The van der Waals surface area contributed by atoms with Gasteiger partial charge in [0.1, 0.15) is 11.6 Å². The Morgan fingerprint density at radius 1 is 1.10 bits per heavy atom. The van der Waals surface area contributed by atoms with Gasteiger partial charge >= 0.3 is 0 Å². The Kier molecular flexibility index (Phi) is 6.26. The molecular formula is C25H29N5O. The van der Waals surface area contributed by atoms with Crippen LogP contribution in [0.2, 0.25) is 0 Å². The van der Waals surface area contributed by atoms with Crippen molar-refractivity contribution in [3.05, 3.63) is 83.1 Å². The largest absolute Gasteiger partial charge is 0.363 e. The van der Waals surface area contributed by atoms with E-state index in [1.54, 1.807) is 6.20 Å². The van der Waals surface area contributed by atoms with E-state index in [0.29, 0.717) is 12.3 Å². The maximum absolute atomic E-state index is 12.8. The summed E-state index contributed by atoms with van der Waals surface area (Å²) < 4.78 is 0. The highest BCUT2D eigenvalue weighted by Crippen LogP contribution is 2.38. The van der Waals surface area contributed by atoms with Crippen molar-refractivity contribution >= 4 is 11.7 Å². The van der Waals surface area contributed by atoms with E-state index in [2.05, 4.69) is 35.4 Å². The number of nitrogens with zero attached hydrogens (tertiary/aromatic N) is 4. The molecule has 1 N–H and O–H groups in total. The van der Waals surface area contributed by atoms with Gasteiger partial charge in [-0.25, -0.2) is 9.97 Å². The molecule has 0 bridgehead atoms. The predicted molar refractivity (Wildman–Crippen MR) is 122 cm³/mol. The molecule has 0 saturated heterocycles. The highest BCUT2D eigenvalue weighted by molar-refractivity contribution is 5.78. The molecule has 1 aliphatic carbocycles. The first-order valence-corrected chi connectivity index (χ1v) is 10.8. The monoisotopic (exact) mass is 415 g/mol. The number of benzene rings is 1. The number of aromatic nitrogens is 3. The van der Waals surface area contributed by atoms with E-state index in [-0.39, 0.29) is 18.4 Å². The van der Waals surface area contributed by atoms with Gasteiger partial charge in [0.2, 0.25) is 5.91 Å². The minimum Gasteiger partial charge on any atom is -0.363 e. The normalized spacial score (nSPS) is 14.2. The van der Waals surface area contributed by atoms with Gasteiger partial charge in [-0.3, -0.25) is 9.78 Å². The second-order valence-corrected chi connectivity index (χ2v) is 8.48. The van der Waals surface area contributed by atoms with E-state index in [0.717, 1.165) is 47.0 Å². The maximum atomic E-state index is 12.8. The first-order chi connectivity index (χ1) is 15.0. The highest BCUT2D eigenvalue weighted by atomic mass is 16.1. The van der Waals surface area contributed by atoms with E-state index >= 15 is 0 Å². The number of amides is 1. The maximum Gasteiger partial charge on any atom is 0.226 e. The van der Waals surface area contributed by atoms with Gasteiger partial charge < -0.3 is 10.2 Å². The first kappa shape index (κ1) is 21.0. The fourth-order valence-electron chi connectivity index (χ4n) is 3.62. The summed E-state index contributed by atoms with van der Waals surface area (Å²) in [7, 11) is 3.99. The van der Waals surface area contributed by atoms with Crippen LogP contribution in [0.4, 0.5) is 5.82 Å². The topological polar surface area (TPSA) is 71.0 Å². The van der Waals surface area contributed by atoms with Crippen molar-refractivity contribution in [3.8, 4) is 0 Å². The van der Waals surface area contributed by atoms with Crippen molar-refractivity contribution < 1.29 is 4.79 Å². The van der Waals surface area contributed by atoms with Crippen LogP contribution < -0.4 is 10.2 Å². The van der Waals surface area contributed by atoms with Crippen molar-refractivity contribution in [1.29, 1.82) is 0 Å². The van der Waals surface area contributed by atoms with E-state index in [4.69, 9.17) is 9.97 Å². The summed E-state index contributed by atoms with van der Waals surface area (Å²) in [6, 6.07) is 15.8. The Bertz CT molecular complexity index is 1030. The lowest BCUT2D eigenvalue weighted by atomic mass is 9.99. The molecule has 2 aromatic heterocycles. The Labute approximate surface area is 183 Å². The van der Waals surface area contributed by atoms with Crippen LogP contribution in [0.5, 0.6) is 0 Å². The summed E-state index contributed by atoms with van der Waals surface area (Å²) in [4.78, 5) is 28.7. The second-order valence-electron chi connectivity index (χ2n) is 8.48. The third-order valence-electron chi connectivity index (χ3n) is 5.44. The van der Waals surface area contributed by atoms with E-state index in [9.17, 15) is 4.79 Å². The molecule has 0 spiro atoms. The van der Waals surface area contributed by atoms with Crippen molar-refractivity contribution in [1.82, 2.24) is 20.3 Å². The third kappa shape index (κ3) is 5.66. The molecule has 1 amide bonds. The van der Waals surface area contributed by atoms with Gasteiger partial charge in [-0.1, -0.05) is 35.9 Å². The Morgan fingerprint density at radius 3 is 2.61 bits per heavy atom. The molecule has 0 aliphatic heterocycles. The number of carbonyl (C=O) groups is 1. The predicted octanol–water partition coefficient (Wildman–Crippen LogP) is 3.77. The van der Waals surface area contributed by atoms with Crippen molar-refractivity contribution in [2.24, 2.45) is 0 Å². The summed E-state index contributed by atoms with van der Waals surface area (Å²) in [5.41, 5.74) is 3.95. The van der Waals surface area contributed by atoms with Gasteiger partial charge in [0.15, 0.2) is 0 Å². The number of pyridine rings is 1. The summed E-state index contributed by atoms with van der Waals surface area (Å²) in [6.45, 7) is 2.07. The average Bonchev–Trinajstić information content (AvgIpc) is 3.59. The minimum atomic E-state index is -0.173. The number of rotatable bonds is 8. The van der Waals surface area contributed by atoms with Crippen LogP contribution in [-0.2, 0) is 17.6 Å². The highest BCUT2D eigenvalue weighted by Gasteiger charge is 2.28. The van der Waals surface area contributed by atoms with Crippen LogP contribution in [-0.4, -0.2) is 35.0 Å². The van der Waals surface area contributed by atoms with Crippen LogP contribution >= 0.6 is 0 Å². The molecule has 6 heteroatoms. The van der Waals surface area contributed by atoms with Crippen LogP contribution in [0.1, 0.15) is 53.1 Å². The molecule has 4 rings (SSSR count). The smallest absolute Gasteiger partial charge is 0.226 e. The number of hydrogen-bond acceptors (Lipinski definition) is 5. The number of carbonyl (C=O) groups excluding carboxylic acids is 1. The zero-order valence-electron chi connectivity index (χ0n) is 18.4. The molecule has 6 nitrogen and oxygen atoms in total. The first-order valence-electron chi connectivity index (χ1n) is 10.8. The SMILES string of the molecule is Cc1cccc([C@@H](Cc2cc(N(C)C)nc(C3CC3)n2)NC(=O)Cc2ccccn2)c1. The van der Waals surface area contributed by atoms with Crippen molar-refractivity contribution in [3.63, 3.8) is 0 Å². The van der Waals surface area contributed by atoms with Gasteiger partial charge in [-0.2, -0.15) is 0 Å². The number of aryl methyl sites for hydroxylation is 1. The molecule has 1 fully saturated rings. The molecule has 1 aliphatic rings. The molecule has 2 heterocycles. The quantitative estimate of drug-likeness (QED) is 0.606. The van der Waals surface area contributed by atoms with Gasteiger partial charge in [0.25, 0.3) is 0 Å².